The number of benzene rings is 1. The molecule has 2 aliphatic rings. The normalized spacial score (nSPS) is 25.8. The Balaban J connectivity index is 0.000000134. The van der Waals surface area contributed by atoms with Crippen LogP contribution in [-0.4, -0.2) is 24.8 Å². The van der Waals surface area contributed by atoms with E-state index >= 15 is 0 Å². The van der Waals surface area contributed by atoms with Gasteiger partial charge in [0.2, 0.25) is 0 Å². The average molecular weight is 249 g/mol. The van der Waals surface area contributed by atoms with Crippen molar-refractivity contribution in [3.63, 3.8) is 0 Å². The van der Waals surface area contributed by atoms with Crippen molar-refractivity contribution in [3.05, 3.63) is 24.3 Å². The highest BCUT2D eigenvalue weighted by Crippen LogP contribution is 2.30. The Hall–Kier alpha value is -1.22. The van der Waals surface area contributed by atoms with Gasteiger partial charge >= 0.3 is 0 Å². The monoisotopic (exact) mass is 249 g/mol. The molecule has 1 saturated heterocycles. The van der Waals surface area contributed by atoms with Gasteiger partial charge in [-0.15, -0.1) is 0 Å². The van der Waals surface area contributed by atoms with E-state index in [0.717, 1.165) is 12.0 Å². The highest BCUT2D eigenvalue weighted by Gasteiger charge is 2.28. The Kier molecular flexibility index (Phi) is 4.88. The van der Waals surface area contributed by atoms with Crippen molar-refractivity contribution in [2.45, 2.75) is 38.1 Å². The van der Waals surface area contributed by atoms with E-state index in [-0.39, 0.29) is 5.75 Å². The van der Waals surface area contributed by atoms with Gasteiger partial charge in [0.05, 0.1) is 7.11 Å². The van der Waals surface area contributed by atoms with Crippen LogP contribution in [0.4, 0.5) is 0 Å². The summed E-state index contributed by atoms with van der Waals surface area (Å²) in [7, 11) is 1.52. The molecule has 1 aliphatic carbocycles. The van der Waals surface area contributed by atoms with Crippen LogP contribution < -0.4 is 10.1 Å². The van der Waals surface area contributed by atoms with Crippen molar-refractivity contribution in [3.8, 4) is 11.5 Å². The molecule has 0 spiro atoms. The third kappa shape index (κ3) is 3.39. The number of ether oxygens (including phenoxy) is 1. The first-order valence-electron chi connectivity index (χ1n) is 6.86. The maximum Gasteiger partial charge on any atom is 0.160 e. The number of nitrogens with one attached hydrogen (secondary N) is 1. The van der Waals surface area contributed by atoms with Gasteiger partial charge < -0.3 is 15.2 Å². The number of phenolic OH excluding ortho intramolecular Hbond substituents is 1. The molecule has 0 radical (unpaired) electrons. The fourth-order valence-electron chi connectivity index (χ4n) is 2.91. The number of rotatable bonds is 1. The van der Waals surface area contributed by atoms with E-state index in [4.69, 9.17) is 9.84 Å². The second-order valence-corrected chi connectivity index (χ2v) is 5.07. The molecule has 0 bridgehead atoms. The molecule has 2 N–H and O–H groups in total. The summed E-state index contributed by atoms with van der Waals surface area (Å²) in [6, 6.07) is 7.75. The Morgan fingerprint density at radius 1 is 1.17 bits per heavy atom. The number of methoxy groups -OCH3 is 1. The van der Waals surface area contributed by atoms with Crippen molar-refractivity contribution >= 4 is 0 Å². The average Bonchev–Trinajstić information content (AvgIpc) is 2.88. The maximum absolute atomic E-state index is 8.99. The van der Waals surface area contributed by atoms with Gasteiger partial charge in [0.1, 0.15) is 0 Å². The predicted molar refractivity (Wildman–Crippen MR) is 73.0 cm³/mol. The second kappa shape index (κ2) is 6.64. The lowest BCUT2D eigenvalue weighted by Gasteiger charge is -2.24. The second-order valence-electron chi connectivity index (χ2n) is 5.07. The third-order valence-corrected chi connectivity index (χ3v) is 3.92. The van der Waals surface area contributed by atoms with Gasteiger partial charge in [-0.2, -0.15) is 0 Å². The number of fused-ring (bicyclic) bond motifs is 1. The largest absolute Gasteiger partial charge is 0.504 e. The minimum atomic E-state index is 0.181. The molecule has 2 fully saturated rings. The lowest BCUT2D eigenvalue weighted by Crippen LogP contribution is -2.29. The summed E-state index contributed by atoms with van der Waals surface area (Å²) in [5.74, 6) is 1.75. The predicted octanol–water partition coefficient (Wildman–Crippen LogP) is 2.94. The summed E-state index contributed by atoms with van der Waals surface area (Å²) < 4.78 is 4.79. The van der Waals surface area contributed by atoms with Crippen LogP contribution >= 0.6 is 0 Å². The molecule has 3 rings (SSSR count). The summed E-state index contributed by atoms with van der Waals surface area (Å²) in [6.45, 7) is 1.29. The summed E-state index contributed by atoms with van der Waals surface area (Å²) in [5.41, 5.74) is 0. The van der Waals surface area contributed by atoms with Crippen molar-refractivity contribution in [1.82, 2.24) is 5.32 Å². The minimum Gasteiger partial charge on any atom is -0.504 e. The molecule has 1 aliphatic heterocycles. The summed E-state index contributed by atoms with van der Waals surface area (Å²) >= 11 is 0. The van der Waals surface area contributed by atoms with Gasteiger partial charge in [0, 0.05) is 6.04 Å². The zero-order valence-electron chi connectivity index (χ0n) is 11.1. The highest BCUT2D eigenvalue weighted by atomic mass is 16.5. The molecule has 1 saturated carbocycles. The molecule has 18 heavy (non-hydrogen) atoms. The molecule has 1 aromatic rings. The number of aromatic hydroxyl groups is 1. The first kappa shape index (κ1) is 13.2. The lowest BCUT2D eigenvalue weighted by molar-refractivity contribution is 0.326. The topological polar surface area (TPSA) is 41.5 Å². The van der Waals surface area contributed by atoms with Crippen LogP contribution in [0.5, 0.6) is 11.5 Å². The molecule has 2 atom stereocenters. The zero-order valence-corrected chi connectivity index (χ0v) is 11.1. The number of phenols is 1. The van der Waals surface area contributed by atoms with Gasteiger partial charge in [-0.05, 0) is 43.9 Å². The maximum atomic E-state index is 8.99. The van der Waals surface area contributed by atoms with Gasteiger partial charge in [-0.1, -0.05) is 25.0 Å². The molecule has 2 unspecified atom stereocenters. The Morgan fingerprint density at radius 2 is 1.94 bits per heavy atom. The van der Waals surface area contributed by atoms with Crippen LogP contribution in [0.3, 0.4) is 0 Å². The molecule has 0 amide bonds. The van der Waals surface area contributed by atoms with Gasteiger partial charge in [-0.3, -0.25) is 0 Å². The van der Waals surface area contributed by atoms with Crippen molar-refractivity contribution in [2.75, 3.05) is 13.7 Å². The first-order valence-corrected chi connectivity index (χ1v) is 6.86. The summed E-state index contributed by atoms with van der Waals surface area (Å²) in [5, 5.41) is 12.5. The molecule has 3 nitrogen and oxygen atoms in total. The van der Waals surface area contributed by atoms with Crippen molar-refractivity contribution in [1.29, 1.82) is 0 Å². The van der Waals surface area contributed by atoms with E-state index < -0.39 is 0 Å². The zero-order chi connectivity index (χ0) is 12.8. The standard InChI is InChI=1S/C8H15N.C7H8O2/c1-2-4-8-7(3-1)5-6-9-8;1-9-7-5-3-2-4-6(7)8/h7-9H,1-6H2;2-5,8H,1H3. The van der Waals surface area contributed by atoms with Crippen molar-refractivity contribution < 1.29 is 9.84 Å². The molecule has 1 heterocycles. The van der Waals surface area contributed by atoms with Crippen LogP contribution in [0.15, 0.2) is 24.3 Å². The lowest BCUT2D eigenvalue weighted by atomic mass is 9.86. The van der Waals surface area contributed by atoms with Gasteiger partial charge in [0.25, 0.3) is 0 Å². The van der Waals surface area contributed by atoms with Crippen LogP contribution in [0.25, 0.3) is 0 Å². The van der Waals surface area contributed by atoms with E-state index in [2.05, 4.69) is 5.32 Å². The van der Waals surface area contributed by atoms with E-state index in [1.54, 1.807) is 24.3 Å². The minimum absolute atomic E-state index is 0.181. The van der Waals surface area contributed by atoms with Crippen LogP contribution in [-0.2, 0) is 0 Å². The molecular formula is C15H23NO2. The molecular weight excluding hydrogens is 226 g/mol. The molecule has 1 aromatic carbocycles. The number of para-hydroxylation sites is 2. The molecule has 3 heteroatoms. The number of hydrogen-bond donors (Lipinski definition) is 2. The summed E-state index contributed by atoms with van der Waals surface area (Å²) in [4.78, 5) is 0. The Morgan fingerprint density at radius 3 is 2.61 bits per heavy atom. The Labute approximate surface area is 109 Å². The van der Waals surface area contributed by atoms with Gasteiger partial charge in [0.15, 0.2) is 11.5 Å². The number of hydrogen-bond acceptors (Lipinski definition) is 3. The van der Waals surface area contributed by atoms with Crippen LogP contribution in [0, 0.1) is 5.92 Å². The smallest absolute Gasteiger partial charge is 0.160 e. The van der Waals surface area contributed by atoms with Gasteiger partial charge in [-0.25, -0.2) is 0 Å². The highest BCUT2D eigenvalue weighted by molar-refractivity contribution is 5.37. The third-order valence-electron chi connectivity index (χ3n) is 3.92. The molecule has 0 aromatic heterocycles. The summed E-state index contributed by atoms with van der Waals surface area (Å²) in [6.07, 6.45) is 7.35. The van der Waals surface area contributed by atoms with Crippen LogP contribution in [0.1, 0.15) is 32.1 Å². The van der Waals surface area contributed by atoms with E-state index in [1.807, 2.05) is 0 Å². The molecule has 100 valence electrons. The van der Waals surface area contributed by atoms with Crippen molar-refractivity contribution in [2.24, 2.45) is 5.92 Å². The first-order chi connectivity index (χ1) is 8.81. The van der Waals surface area contributed by atoms with Crippen LogP contribution in [0.2, 0.25) is 0 Å². The van der Waals surface area contributed by atoms with E-state index in [9.17, 15) is 0 Å². The fourth-order valence-corrected chi connectivity index (χ4v) is 2.91. The quantitative estimate of drug-likeness (QED) is 0.804. The fraction of sp³-hybridized carbons (Fsp3) is 0.600. The van der Waals surface area contributed by atoms with E-state index in [1.165, 1.54) is 45.8 Å². The SMILES string of the molecule is C1CCC2NCCC2C1.COc1ccccc1O. The van der Waals surface area contributed by atoms with E-state index in [0.29, 0.717) is 5.75 Å². The Bertz CT molecular complexity index is 355.